The Morgan fingerprint density at radius 2 is 2.12 bits per heavy atom. The van der Waals surface area contributed by atoms with Gasteiger partial charge in [0.15, 0.2) is 5.13 Å². The molecule has 4 nitrogen and oxygen atoms in total. The largest absolute Gasteiger partial charge is 0.416 e. The molecule has 1 fully saturated rings. The predicted octanol–water partition coefficient (Wildman–Crippen LogP) is 3.92. The summed E-state index contributed by atoms with van der Waals surface area (Å²) in [4.78, 5) is 17.1. The third-order valence-corrected chi connectivity index (χ3v) is 4.91. The Kier molecular flexibility index (Phi) is 5.10. The van der Waals surface area contributed by atoms with E-state index in [1.54, 1.807) is 6.07 Å². The van der Waals surface area contributed by atoms with Crippen LogP contribution in [0.15, 0.2) is 24.3 Å². The molecule has 134 valence electrons. The molecule has 0 spiro atoms. The molecule has 1 aliphatic rings. The molecular weight excluding hydrogens is 351 g/mol. The fraction of sp³-hybridized carbons (Fsp3) is 0.412. The van der Waals surface area contributed by atoms with E-state index < -0.39 is 11.7 Å². The van der Waals surface area contributed by atoms with Crippen molar-refractivity contribution in [1.29, 1.82) is 0 Å². The summed E-state index contributed by atoms with van der Waals surface area (Å²) >= 11 is 1.33. The quantitative estimate of drug-likeness (QED) is 0.811. The molecule has 0 atom stereocenters. The Balaban J connectivity index is 1.82. The van der Waals surface area contributed by atoms with Crippen LogP contribution in [0, 0.1) is 0 Å². The first-order chi connectivity index (χ1) is 11.9. The number of nitrogens with two attached hydrogens (primary N) is 1. The van der Waals surface area contributed by atoms with Gasteiger partial charge in [0.2, 0.25) is 5.91 Å². The third kappa shape index (κ3) is 4.58. The van der Waals surface area contributed by atoms with E-state index in [1.165, 1.54) is 23.5 Å². The highest BCUT2D eigenvalue weighted by atomic mass is 32.1. The van der Waals surface area contributed by atoms with Gasteiger partial charge in [0.25, 0.3) is 0 Å². The number of aromatic nitrogens is 1. The summed E-state index contributed by atoms with van der Waals surface area (Å²) in [6.07, 6.45) is -1.73. The fourth-order valence-electron chi connectivity index (χ4n) is 2.58. The first-order valence-corrected chi connectivity index (χ1v) is 8.84. The molecule has 2 aromatic rings. The number of benzene rings is 1. The lowest BCUT2D eigenvalue weighted by atomic mass is 10.1. The van der Waals surface area contributed by atoms with Crippen LogP contribution in [0.25, 0.3) is 0 Å². The van der Waals surface area contributed by atoms with Gasteiger partial charge in [-0.2, -0.15) is 13.2 Å². The van der Waals surface area contributed by atoms with Gasteiger partial charge in [0.05, 0.1) is 11.3 Å². The molecule has 3 N–H and O–H groups in total. The van der Waals surface area contributed by atoms with Crippen molar-refractivity contribution < 1.29 is 18.0 Å². The smallest absolute Gasteiger partial charge is 0.330 e. The van der Waals surface area contributed by atoms with E-state index in [9.17, 15) is 18.0 Å². The minimum atomic E-state index is -4.36. The Bertz CT molecular complexity index is 769. The number of hydrogen-bond acceptors (Lipinski definition) is 4. The molecule has 1 aromatic heterocycles. The van der Waals surface area contributed by atoms with Crippen LogP contribution in [0.2, 0.25) is 0 Å². The molecule has 1 saturated carbocycles. The molecule has 3 rings (SSSR count). The number of nitrogens with one attached hydrogen (secondary N) is 1. The van der Waals surface area contributed by atoms with Crippen molar-refractivity contribution in [3.05, 3.63) is 46.0 Å². The van der Waals surface area contributed by atoms with E-state index >= 15 is 0 Å². The number of thiazole rings is 1. The third-order valence-electron chi connectivity index (χ3n) is 3.93. The standard InChI is InChI=1S/C17H18F3N3OS/c18-17(19,20)12-3-1-2-10(8-12)9-13-15(11-4-5-11)23-16(25-13)22-14(24)6-7-21/h1-3,8,11H,4-7,9,21H2,(H,22,23,24). The van der Waals surface area contributed by atoms with Crippen molar-refractivity contribution in [2.75, 3.05) is 11.9 Å². The Morgan fingerprint density at radius 1 is 1.36 bits per heavy atom. The van der Waals surface area contributed by atoms with Gasteiger partial charge < -0.3 is 11.1 Å². The summed E-state index contributed by atoms with van der Waals surface area (Å²) in [6, 6.07) is 5.33. The van der Waals surface area contributed by atoms with Gasteiger partial charge in [-0.15, -0.1) is 11.3 Å². The molecular formula is C17H18F3N3OS. The first kappa shape index (κ1) is 17.9. The lowest BCUT2D eigenvalue weighted by molar-refractivity contribution is -0.137. The molecule has 0 radical (unpaired) electrons. The number of halogens is 3. The summed E-state index contributed by atoms with van der Waals surface area (Å²) in [5, 5.41) is 3.20. The molecule has 1 aromatic carbocycles. The summed E-state index contributed by atoms with van der Waals surface area (Å²) in [6.45, 7) is 0.254. The zero-order chi connectivity index (χ0) is 18.0. The van der Waals surface area contributed by atoms with E-state index in [1.807, 2.05) is 0 Å². The summed E-state index contributed by atoms with van der Waals surface area (Å²) in [5.41, 5.74) is 6.18. The van der Waals surface area contributed by atoms with Crippen molar-refractivity contribution in [2.24, 2.45) is 5.73 Å². The highest BCUT2D eigenvalue weighted by Gasteiger charge is 2.32. The average Bonchev–Trinajstić information content (AvgIpc) is 3.30. The summed E-state index contributed by atoms with van der Waals surface area (Å²) in [5.74, 6) is 0.140. The molecule has 1 aliphatic carbocycles. The second-order valence-corrected chi connectivity index (χ2v) is 7.15. The van der Waals surface area contributed by atoms with Crippen molar-refractivity contribution in [2.45, 2.75) is 37.8 Å². The maximum absolute atomic E-state index is 12.9. The van der Waals surface area contributed by atoms with Gasteiger partial charge >= 0.3 is 6.18 Å². The van der Waals surface area contributed by atoms with Crippen LogP contribution < -0.4 is 11.1 Å². The van der Waals surface area contributed by atoms with Crippen LogP contribution in [0.5, 0.6) is 0 Å². The van der Waals surface area contributed by atoms with Gasteiger partial charge in [-0.1, -0.05) is 18.2 Å². The van der Waals surface area contributed by atoms with Gasteiger partial charge in [0, 0.05) is 30.2 Å². The van der Waals surface area contributed by atoms with Crippen LogP contribution in [0.4, 0.5) is 18.3 Å². The van der Waals surface area contributed by atoms with Crippen LogP contribution in [0.3, 0.4) is 0 Å². The van der Waals surface area contributed by atoms with E-state index in [2.05, 4.69) is 10.3 Å². The van der Waals surface area contributed by atoms with Gasteiger partial charge in [-0.05, 0) is 24.5 Å². The fourth-order valence-corrected chi connectivity index (χ4v) is 3.67. The van der Waals surface area contributed by atoms with Crippen molar-refractivity contribution in [1.82, 2.24) is 4.98 Å². The highest BCUT2D eigenvalue weighted by Crippen LogP contribution is 2.44. The minimum absolute atomic E-state index is 0.204. The second kappa shape index (κ2) is 7.13. The molecule has 0 unspecified atom stereocenters. The zero-order valence-corrected chi connectivity index (χ0v) is 14.2. The normalized spacial score (nSPS) is 14.6. The Hall–Kier alpha value is -1.93. The maximum atomic E-state index is 12.9. The van der Waals surface area contributed by atoms with Crippen molar-refractivity contribution in [3.8, 4) is 0 Å². The van der Waals surface area contributed by atoms with Crippen LogP contribution in [0.1, 0.15) is 46.9 Å². The van der Waals surface area contributed by atoms with E-state index in [4.69, 9.17) is 5.73 Å². The minimum Gasteiger partial charge on any atom is -0.330 e. The lowest BCUT2D eigenvalue weighted by Gasteiger charge is -2.08. The monoisotopic (exact) mass is 369 g/mol. The number of carbonyl (C=O) groups excluding carboxylic acids is 1. The lowest BCUT2D eigenvalue weighted by Crippen LogP contribution is -2.15. The van der Waals surface area contributed by atoms with E-state index in [-0.39, 0.29) is 18.9 Å². The molecule has 1 heterocycles. The van der Waals surface area contributed by atoms with E-state index in [0.717, 1.165) is 29.5 Å². The Labute approximate surface area is 147 Å². The second-order valence-electron chi connectivity index (χ2n) is 6.06. The molecule has 25 heavy (non-hydrogen) atoms. The van der Waals surface area contributed by atoms with Gasteiger partial charge in [0.1, 0.15) is 0 Å². The summed E-state index contributed by atoms with van der Waals surface area (Å²) in [7, 11) is 0. The number of carbonyl (C=O) groups is 1. The van der Waals surface area contributed by atoms with Crippen molar-refractivity contribution >= 4 is 22.4 Å². The van der Waals surface area contributed by atoms with Crippen LogP contribution >= 0.6 is 11.3 Å². The van der Waals surface area contributed by atoms with Gasteiger partial charge in [-0.3, -0.25) is 4.79 Å². The van der Waals surface area contributed by atoms with E-state index in [0.29, 0.717) is 23.0 Å². The zero-order valence-electron chi connectivity index (χ0n) is 13.4. The summed E-state index contributed by atoms with van der Waals surface area (Å²) < 4.78 is 38.6. The maximum Gasteiger partial charge on any atom is 0.416 e. The predicted molar refractivity (Wildman–Crippen MR) is 90.6 cm³/mol. The topological polar surface area (TPSA) is 68.0 Å². The molecule has 0 aliphatic heterocycles. The van der Waals surface area contributed by atoms with Gasteiger partial charge in [-0.25, -0.2) is 4.98 Å². The number of amides is 1. The number of alkyl halides is 3. The molecule has 0 saturated heterocycles. The Morgan fingerprint density at radius 3 is 2.76 bits per heavy atom. The molecule has 1 amide bonds. The number of hydrogen-bond donors (Lipinski definition) is 2. The molecule has 0 bridgehead atoms. The number of nitrogens with zero attached hydrogens (tertiary/aromatic N) is 1. The van der Waals surface area contributed by atoms with Crippen LogP contribution in [-0.2, 0) is 17.4 Å². The number of rotatable bonds is 6. The van der Waals surface area contributed by atoms with Crippen molar-refractivity contribution in [3.63, 3.8) is 0 Å². The SMILES string of the molecule is NCCC(=O)Nc1nc(C2CC2)c(Cc2cccc(C(F)(F)F)c2)s1. The first-order valence-electron chi connectivity index (χ1n) is 8.02. The average molecular weight is 369 g/mol. The highest BCUT2D eigenvalue weighted by molar-refractivity contribution is 7.15. The van der Waals surface area contributed by atoms with Crippen LogP contribution in [-0.4, -0.2) is 17.4 Å². The molecule has 8 heteroatoms. The number of anilines is 1.